The molecule has 3 aliphatic rings. The lowest BCUT2D eigenvalue weighted by atomic mass is 9.59. The number of nitrogens with zero attached hydrogens (tertiary/aromatic N) is 2. The minimum absolute atomic E-state index is 0.0680. The summed E-state index contributed by atoms with van der Waals surface area (Å²) in [7, 11) is 0. The zero-order valence-corrected chi connectivity index (χ0v) is 26.1. The summed E-state index contributed by atoms with van der Waals surface area (Å²) in [6.07, 6.45) is -11.8. The molecule has 242 valence electrons. The van der Waals surface area contributed by atoms with Gasteiger partial charge < -0.3 is 0 Å². The predicted octanol–water partition coefficient (Wildman–Crippen LogP) is 6.53. The molecule has 1 aliphatic carbocycles. The Hall–Kier alpha value is -3.70. The molecule has 6 nitrogen and oxygen atoms in total. The van der Waals surface area contributed by atoms with Crippen LogP contribution in [0, 0.1) is 37.5 Å². The molecule has 2 aliphatic heterocycles. The van der Waals surface area contributed by atoms with Crippen LogP contribution < -0.4 is 4.90 Å². The lowest BCUT2D eigenvalue weighted by Crippen LogP contribution is -2.55. The Balaban J connectivity index is 1.68. The first-order valence-corrected chi connectivity index (χ1v) is 14.5. The smallest absolute Gasteiger partial charge is 0.277 e. The van der Waals surface area contributed by atoms with Crippen LogP contribution in [0.25, 0.3) is 0 Å². The maximum Gasteiger partial charge on any atom is 0.411 e. The Kier molecular flexibility index (Phi) is 7.01. The highest BCUT2D eigenvalue weighted by Gasteiger charge is 2.75. The van der Waals surface area contributed by atoms with E-state index >= 15 is 26.3 Å². The SMILES string of the molecule is Cc1ccc(C(c2ccc(C)c(C(C)(C)C)c2)(C(F)(F)F)C(F)(F)F)cc1N1C(=O)C2C(C1=O)C1C(=O)N(C(C)(C)C)C(=O)C21. The molecule has 3 fully saturated rings. The van der Waals surface area contributed by atoms with Gasteiger partial charge in [0.2, 0.25) is 29.0 Å². The Morgan fingerprint density at radius 2 is 0.978 bits per heavy atom. The number of likely N-dealkylation sites (tertiary alicyclic amines) is 1. The monoisotopic (exact) mass is 636 g/mol. The average Bonchev–Trinajstić information content (AvgIpc) is 3.16. The summed E-state index contributed by atoms with van der Waals surface area (Å²) in [5, 5.41) is 0. The summed E-state index contributed by atoms with van der Waals surface area (Å²) in [5.41, 5.74) is -8.09. The molecule has 2 saturated heterocycles. The number of fused-ring (bicyclic) bond motifs is 4. The minimum Gasteiger partial charge on any atom is -0.277 e. The molecule has 2 aromatic carbocycles. The molecule has 0 N–H and O–H groups in total. The molecule has 0 radical (unpaired) electrons. The third kappa shape index (κ3) is 4.37. The van der Waals surface area contributed by atoms with Crippen LogP contribution in [-0.2, 0) is 30.0 Å². The number of carbonyl (C=O) groups is 4. The number of rotatable bonds is 3. The van der Waals surface area contributed by atoms with E-state index in [4.69, 9.17) is 0 Å². The zero-order chi connectivity index (χ0) is 34.0. The average molecular weight is 637 g/mol. The van der Waals surface area contributed by atoms with E-state index in [9.17, 15) is 19.2 Å². The van der Waals surface area contributed by atoms with Crippen LogP contribution >= 0.6 is 0 Å². The molecule has 5 rings (SSSR count). The van der Waals surface area contributed by atoms with Crippen molar-refractivity contribution in [2.24, 2.45) is 23.7 Å². The van der Waals surface area contributed by atoms with Crippen LogP contribution in [0.2, 0.25) is 0 Å². The van der Waals surface area contributed by atoms with E-state index in [0.717, 1.165) is 23.1 Å². The molecule has 12 heteroatoms. The highest BCUT2D eigenvalue weighted by Crippen LogP contribution is 2.60. The van der Waals surface area contributed by atoms with Crippen molar-refractivity contribution in [2.75, 3.05) is 4.90 Å². The van der Waals surface area contributed by atoms with Crippen molar-refractivity contribution in [1.29, 1.82) is 0 Å². The van der Waals surface area contributed by atoms with Gasteiger partial charge in [-0.1, -0.05) is 51.1 Å². The molecule has 4 atom stereocenters. The van der Waals surface area contributed by atoms with Crippen molar-refractivity contribution >= 4 is 29.3 Å². The number of hydrogen-bond donors (Lipinski definition) is 0. The van der Waals surface area contributed by atoms with Crippen LogP contribution in [0.3, 0.4) is 0 Å². The minimum atomic E-state index is -5.90. The van der Waals surface area contributed by atoms with Gasteiger partial charge in [0.1, 0.15) is 0 Å². The van der Waals surface area contributed by atoms with Crippen molar-refractivity contribution in [3.8, 4) is 0 Å². The van der Waals surface area contributed by atoms with Crippen molar-refractivity contribution in [2.45, 2.75) is 84.1 Å². The lowest BCUT2D eigenvalue weighted by molar-refractivity contribution is -0.288. The van der Waals surface area contributed by atoms with Gasteiger partial charge in [-0.25, -0.2) is 4.90 Å². The molecule has 45 heavy (non-hydrogen) atoms. The zero-order valence-electron chi connectivity index (χ0n) is 26.1. The normalized spacial score (nSPS) is 24.3. The molecule has 4 unspecified atom stereocenters. The van der Waals surface area contributed by atoms with Crippen molar-refractivity contribution < 1.29 is 45.5 Å². The number of amides is 4. The van der Waals surface area contributed by atoms with E-state index in [1.54, 1.807) is 48.5 Å². The van der Waals surface area contributed by atoms with Crippen molar-refractivity contribution in [3.63, 3.8) is 0 Å². The molecule has 4 amide bonds. The maximum absolute atomic E-state index is 15.1. The van der Waals surface area contributed by atoms with Crippen LogP contribution in [0.5, 0.6) is 0 Å². The first-order valence-electron chi connectivity index (χ1n) is 14.5. The largest absolute Gasteiger partial charge is 0.411 e. The van der Waals surface area contributed by atoms with Crippen LogP contribution in [0.15, 0.2) is 36.4 Å². The van der Waals surface area contributed by atoms with E-state index < -0.39 is 92.8 Å². The van der Waals surface area contributed by atoms with Gasteiger partial charge in [-0.15, -0.1) is 0 Å². The Labute approximate surface area is 256 Å². The van der Waals surface area contributed by atoms with Crippen molar-refractivity contribution in [3.05, 3.63) is 64.2 Å². The summed E-state index contributed by atoms with van der Waals surface area (Å²) in [6, 6.07) is 5.25. The van der Waals surface area contributed by atoms with Crippen LogP contribution in [0.4, 0.5) is 32.0 Å². The van der Waals surface area contributed by atoms with Gasteiger partial charge in [-0.2, -0.15) is 26.3 Å². The maximum atomic E-state index is 15.1. The van der Waals surface area contributed by atoms with E-state index in [1.807, 2.05) is 0 Å². The van der Waals surface area contributed by atoms with E-state index in [0.29, 0.717) is 22.6 Å². The number of benzene rings is 2. The molecular weight excluding hydrogens is 602 g/mol. The van der Waals surface area contributed by atoms with E-state index in [2.05, 4.69) is 0 Å². The summed E-state index contributed by atoms with van der Waals surface area (Å²) in [6.45, 7) is 12.9. The fraction of sp³-hybridized carbons (Fsp3) is 0.515. The van der Waals surface area contributed by atoms with Gasteiger partial charge in [-0.3, -0.25) is 24.1 Å². The summed E-state index contributed by atoms with van der Waals surface area (Å²) < 4.78 is 90.6. The van der Waals surface area contributed by atoms with E-state index in [1.165, 1.54) is 13.0 Å². The Morgan fingerprint density at radius 1 is 0.578 bits per heavy atom. The van der Waals surface area contributed by atoms with Gasteiger partial charge in [0.25, 0.3) is 0 Å². The van der Waals surface area contributed by atoms with Crippen molar-refractivity contribution in [1.82, 2.24) is 4.90 Å². The number of hydrogen-bond acceptors (Lipinski definition) is 4. The number of carbonyl (C=O) groups excluding carboxylic acids is 4. The number of imide groups is 2. The van der Waals surface area contributed by atoms with Gasteiger partial charge in [0.15, 0.2) is 0 Å². The van der Waals surface area contributed by atoms with Gasteiger partial charge in [0.05, 0.1) is 29.4 Å². The second kappa shape index (κ2) is 9.65. The van der Waals surface area contributed by atoms with Gasteiger partial charge in [0, 0.05) is 5.54 Å². The molecule has 2 aromatic rings. The van der Waals surface area contributed by atoms with Gasteiger partial charge >= 0.3 is 12.4 Å². The predicted molar refractivity (Wildman–Crippen MR) is 152 cm³/mol. The summed E-state index contributed by atoms with van der Waals surface area (Å²) in [4.78, 5) is 55.3. The molecule has 0 bridgehead atoms. The fourth-order valence-corrected chi connectivity index (χ4v) is 7.42. The standard InChI is InChI=1S/C33H34F6N2O4/c1-15-9-11-17(13-19(15)29(3,4)5)31(32(34,35)36,33(37,38)39)18-12-10-16(2)20(14-18)40-25(42)21-22(26(40)43)24-23(21)27(44)41(28(24)45)30(6,7)8/h9-14,21-24H,1-8H3. The second-order valence-corrected chi connectivity index (χ2v) is 14.3. The molecule has 0 aromatic heterocycles. The fourth-order valence-electron chi connectivity index (χ4n) is 7.42. The Morgan fingerprint density at radius 3 is 1.38 bits per heavy atom. The first kappa shape index (κ1) is 32.7. The third-order valence-electron chi connectivity index (χ3n) is 9.45. The Bertz CT molecular complexity index is 1590. The molecular formula is C33H34F6N2O4. The molecule has 2 heterocycles. The number of alkyl halides is 6. The first-order chi connectivity index (χ1) is 20.4. The summed E-state index contributed by atoms with van der Waals surface area (Å²) in [5.74, 6) is -7.86. The van der Waals surface area contributed by atoms with E-state index in [-0.39, 0.29) is 11.1 Å². The number of aryl methyl sites for hydroxylation is 2. The highest BCUT2D eigenvalue weighted by atomic mass is 19.4. The molecule has 0 spiro atoms. The molecule has 1 saturated carbocycles. The topological polar surface area (TPSA) is 74.8 Å². The second-order valence-electron chi connectivity index (χ2n) is 14.3. The third-order valence-corrected chi connectivity index (χ3v) is 9.45. The highest BCUT2D eigenvalue weighted by molar-refractivity contribution is 6.28. The summed E-state index contributed by atoms with van der Waals surface area (Å²) >= 11 is 0. The number of halogens is 6. The number of anilines is 1. The van der Waals surface area contributed by atoms with Crippen LogP contribution in [-0.4, -0.2) is 46.4 Å². The van der Waals surface area contributed by atoms with Crippen LogP contribution in [0.1, 0.15) is 69.4 Å². The quantitative estimate of drug-likeness (QED) is 0.284. The lowest BCUT2D eigenvalue weighted by Gasteiger charge is -2.39. The van der Waals surface area contributed by atoms with Gasteiger partial charge in [-0.05, 0) is 73.9 Å².